The van der Waals surface area contributed by atoms with Crippen molar-refractivity contribution in [2.45, 2.75) is 235 Å². The molecule has 0 amide bonds. The van der Waals surface area contributed by atoms with E-state index < -0.39 is 159 Å². The number of fused-ring (bicyclic) bond motifs is 10. The Balaban J connectivity index is 0.959. The number of hydrogen-bond donors (Lipinski definition) is 12. The Bertz CT molecular complexity index is 2290. The van der Waals surface area contributed by atoms with E-state index in [9.17, 15) is 75.7 Å². The molecule has 24 heteroatoms. The molecule has 24 nitrogen and oxygen atoms in total. The van der Waals surface area contributed by atoms with Crippen LogP contribution >= 0.6 is 0 Å². The second-order valence-corrected chi connectivity index (χ2v) is 25.8. The fraction of sp³-hybridized carbons (Fsp3) is 0.906. The van der Waals surface area contributed by atoms with E-state index in [1.54, 1.807) is 0 Å². The van der Waals surface area contributed by atoms with Crippen LogP contribution in [0, 0.1) is 50.2 Å². The normalized spacial score (nSPS) is 56.4. The third-order valence-corrected chi connectivity index (χ3v) is 21.7. The molecule has 2 bridgehead atoms. The molecule has 10 aliphatic rings. The van der Waals surface area contributed by atoms with Gasteiger partial charge in [0.2, 0.25) is 0 Å². The van der Waals surface area contributed by atoms with E-state index in [0.717, 1.165) is 38.5 Å². The fourth-order valence-electron chi connectivity index (χ4n) is 16.7. The third kappa shape index (κ3) is 8.79. The van der Waals surface area contributed by atoms with Gasteiger partial charge in [0.1, 0.15) is 79.4 Å². The summed E-state index contributed by atoms with van der Waals surface area (Å²) in [5.41, 5.74) is -1.12. The smallest absolute Gasteiger partial charge is 0.335 e. The van der Waals surface area contributed by atoms with E-state index in [4.69, 9.17) is 42.6 Å². The quantitative estimate of drug-likeness (QED) is 0.0657. The Labute approximate surface area is 445 Å². The van der Waals surface area contributed by atoms with Gasteiger partial charge in [0, 0.05) is 17.3 Å². The molecule has 5 aliphatic carbocycles. The number of aliphatic carboxylic acids is 2. The van der Waals surface area contributed by atoms with E-state index in [1.807, 2.05) is 13.8 Å². The van der Waals surface area contributed by atoms with Crippen LogP contribution in [0.1, 0.15) is 106 Å². The number of allylic oxidation sites excluding steroid dienone is 2. The lowest BCUT2D eigenvalue weighted by Gasteiger charge is -2.71. The molecule has 9 fully saturated rings. The predicted molar refractivity (Wildman–Crippen MR) is 256 cm³/mol. The van der Waals surface area contributed by atoms with Crippen LogP contribution in [-0.4, -0.2) is 221 Å². The minimum Gasteiger partial charge on any atom is -0.479 e. The van der Waals surface area contributed by atoms with Gasteiger partial charge in [-0.25, -0.2) is 9.59 Å². The Kier molecular flexibility index (Phi) is 15.1. The molecule has 0 radical (unpaired) electrons. The highest BCUT2D eigenvalue weighted by Crippen LogP contribution is 2.76. The number of carbonyl (C=O) groups excluding carboxylic acids is 1. The lowest BCUT2D eigenvalue weighted by molar-refractivity contribution is -0.405. The van der Waals surface area contributed by atoms with Crippen molar-refractivity contribution in [3.05, 3.63) is 11.6 Å². The van der Waals surface area contributed by atoms with Crippen LogP contribution in [0.15, 0.2) is 11.6 Å². The van der Waals surface area contributed by atoms with Gasteiger partial charge in [-0.15, -0.1) is 0 Å². The molecule has 0 aromatic rings. The van der Waals surface area contributed by atoms with Crippen LogP contribution in [0.5, 0.6) is 0 Å². The second kappa shape index (κ2) is 20.1. The third-order valence-electron chi connectivity index (χ3n) is 21.7. The van der Waals surface area contributed by atoms with Crippen molar-refractivity contribution in [2.24, 2.45) is 50.2 Å². The van der Waals surface area contributed by atoms with Crippen molar-refractivity contribution in [3.8, 4) is 0 Å². The first-order valence-corrected chi connectivity index (χ1v) is 27.3. The molecule has 0 aromatic carbocycles. The maximum Gasteiger partial charge on any atom is 0.335 e. The SMILES string of the molecule is C[C@@H]1O[C@@H](O[C@H]2[C@H](O[C@H]3[C@H](O[C@H]4CC[C@@]5(C)[C@@H](CC[C@]6(C)[C@@H]5CC=C5[C@@H]7C[C@]8(C)C[C@@H](OC8=O)[C@]7(C)CC[C@]56C)[C@@]4(C)CO)O[C@H](C(=O)O)[C@@H](O)[C@@H]3O)O[C@H](C(=O)O)[C@@H](O)[C@@H]2O[C@@H]2OC[C@@H](O)[C@H](O)[C@H]2O)[C@H](O)[C@H](O)[C@H]1O. The number of aliphatic hydroxyl groups excluding tert-OH is 10. The van der Waals surface area contributed by atoms with Gasteiger partial charge in [0.15, 0.2) is 37.4 Å². The molecule has 12 N–H and O–H groups in total. The van der Waals surface area contributed by atoms with Gasteiger partial charge in [0.05, 0.1) is 30.8 Å². The Morgan fingerprint density at radius 2 is 1.25 bits per heavy atom. The molecule has 5 saturated heterocycles. The summed E-state index contributed by atoms with van der Waals surface area (Å²) < 4.78 is 54.1. The summed E-state index contributed by atoms with van der Waals surface area (Å²) >= 11 is 0. The highest BCUT2D eigenvalue weighted by molar-refractivity contribution is 5.79. The molecule has 0 unspecified atom stereocenters. The highest BCUT2D eigenvalue weighted by atomic mass is 16.8. The monoisotopic (exact) mass is 1100 g/mol. The van der Waals surface area contributed by atoms with Crippen LogP contribution in [0.4, 0.5) is 0 Å². The number of ether oxygens (including phenoxy) is 9. The van der Waals surface area contributed by atoms with E-state index in [2.05, 4.69) is 33.8 Å². The van der Waals surface area contributed by atoms with Gasteiger partial charge in [0.25, 0.3) is 0 Å². The first-order valence-electron chi connectivity index (χ1n) is 27.3. The second-order valence-electron chi connectivity index (χ2n) is 25.8. The lowest BCUT2D eigenvalue weighted by atomic mass is 9.33. The molecule has 0 spiro atoms. The Morgan fingerprint density at radius 3 is 1.91 bits per heavy atom. The van der Waals surface area contributed by atoms with Gasteiger partial charge in [-0.1, -0.05) is 46.3 Å². The van der Waals surface area contributed by atoms with Crippen molar-refractivity contribution >= 4 is 17.9 Å². The van der Waals surface area contributed by atoms with Crippen molar-refractivity contribution in [2.75, 3.05) is 13.2 Å². The van der Waals surface area contributed by atoms with Gasteiger partial charge >= 0.3 is 17.9 Å². The minimum atomic E-state index is -2.29. The van der Waals surface area contributed by atoms with E-state index in [-0.39, 0.29) is 57.9 Å². The van der Waals surface area contributed by atoms with Crippen molar-refractivity contribution in [1.29, 1.82) is 0 Å². The summed E-state index contributed by atoms with van der Waals surface area (Å²) in [6.07, 6.45) is -29.8. The molecule has 436 valence electrons. The van der Waals surface area contributed by atoms with Crippen molar-refractivity contribution in [3.63, 3.8) is 0 Å². The number of aliphatic hydroxyl groups is 10. The molecule has 5 aliphatic heterocycles. The summed E-state index contributed by atoms with van der Waals surface area (Å²) in [6.45, 7) is 13.6. The number of carbonyl (C=O) groups is 3. The summed E-state index contributed by atoms with van der Waals surface area (Å²) in [4.78, 5) is 38.8. The molecule has 77 heavy (non-hydrogen) atoms. The average Bonchev–Trinajstić information content (AvgIpc) is 3.65. The summed E-state index contributed by atoms with van der Waals surface area (Å²) in [5.74, 6) is -3.49. The topological polar surface area (TPSA) is 377 Å². The number of rotatable bonds is 11. The Morgan fingerprint density at radius 1 is 0.623 bits per heavy atom. The van der Waals surface area contributed by atoms with E-state index >= 15 is 0 Å². The van der Waals surface area contributed by atoms with Crippen LogP contribution in [0.25, 0.3) is 0 Å². The number of carboxylic acids is 2. The van der Waals surface area contributed by atoms with Gasteiger partial charge in [-0.3, -0.25) is 4.79 Å². The van der Waals surface area contributed by atoms with Crippen LogP contribution in [0.3, 0.4) is 0 Å². The van der Waals surface area contributed by atoms with Gasteiger partial charge < -0.3 is 104 Å². The van der Waals surface area contributed by atoms with Crippen LogP contribution in [-0.2, 0) is 57.0 Å². The largest absolute Gasteiger partial charge is 0.479 e. The molecule has 4 saturated carbocycles. The van der Waals surface area contributed by atoms with Crippen LogP contribution < -0.4 is 0 Å². The summed E-state index contributed by atoms with van der Waals surface area (Å²) in [7, 11) is 0. The number of carboxylic acid groups (broad SMARTS) is 2. The first-order chi connectivity index (χ1) is 36.0. The zero-order valence-corrected chi connectivity index (χ0v) is 44.5. The zero-order chi connectivity index (χ0) is 56.0. The molecular weight excluding hydrogens is 1020 g/mol. The van der Waals surface area contributed by atoms with Crippen molar-refractivity contribution in [1.82, 2.24) is 0 Å². The van der Waals surface area contributed by atoms with Gasteiger partial charge in [-0.2, -0.15) is 0 Å². The van der Waals surface area contributed by atoms with Gasteiger partial charge in [-0.05, 0) is 99.2 Å². The molecule has 0 aromatic heterocycles. The van der Waals surface area contributed by atoms with Crippen molar-refractivity contribution < 1.29 is 118 Å². The Hall–Kier alpha value is -2.57. The average molecular weight is 1100 g/mol. The van der Waals surface area contributed by atoms with E-state index in [0.29, 0.717) is 12.8 Å². The molecular formula is C53H80O24. The lowest BCUT2D eigenvalue weighted by Crippen LogP contribution is -2.69. The fourth-order valence-corrected chi connectivity index (χ4v) is 16.7. The maximum absolute atomic E-state index is 13.3. The number of esters is 1. The first kappa shape index (κ1) is 57.7. The predicted octanol–water partition coefficient (Wildman–Crippen LogP) is -1.20. The molecule has 30 atom stereocenters. The zero-order valence-electron chi connectivity index (χ0n) is 44.5. The van der Waals surface area contributed by atoms with E-state index in [1.165, 1.54) is 12.5 Å². The summed E-state index contributed by atoms with van der Waals surface area (Å²) in [6, 6.07) is 0. The molecule has 10 rings (SSSR count). The number of hydrogen-bond acceptors (Lipinski definition) is 22. The van der Waals surface area contributed by atoms with Crippen LogP contribution in [0.2, 0.25) is 0 Å². The maximum atomic E-state index is 13.3. The standard InChI is InChI=1S/C53H80O24/c1-20-28(56)30(58)34(62)44(70-20)77-40-36(73-43-33(61)29(57)23(55)18-69-43)35(63)38(42(66)67)75-46(40)76-39-32(60)31(59)37(41(64)65)74-45(39)71-26-11-12-50(4)24(51(26,5)19-54)10-13-53(7)25(50)9-8-21-22-16-48(2)17-27(72-47(48)68)49(22,3)14-15-52(21,53)6/h8,20,22-40,43-46,54-63H,9-19H2,1-7H3,(H,64,65)(H,66,67)/t20-,22-,23+,24+,25+,26-,27+,28-,29-,30+,31-,32-,33+,34+,35-,36-,37-,38-,39+,40+,43-,44-,45+,46-,48+,49+,50-,51+,52+,53+/m0/s1. The summed E-state index contributed by atoms with van der Waals surface area (Å²) in [5, 5.41) is 131. The highest BCUT2D eigenvalue weighted by Gasteiger charge is 2.72. The minimum absolute atomic E-state index is 0.109. The molecule has 5 heterocycles.